The first-order valence-electron chi connectivity index (χ1n) is 6.11. The van der Waals surface area contributed by atoms with Crippen molar-refractivity contribution in [2.45, 2.75) is 43.8 Å². The van der Waals surface area contributed by atoms with Crippen LogP contribution in [-0.2, 0) is 9.84 Å². The van der Waals surface area contributed by atoms with Gasteiger partial charge in [-0.25, -0.2) is 8.42 Å². The molecule has 2 rings (SSSR count). The molecule has 0 unspecified atom stereocenters. The zero-order chi connectivity index (χ0) is 10.7. The van der Waals surface area contributed by atoms with E-state index < -0.39 is 9.84 Å². The number of piperidine rings is 1. The standard InChI is InChI=1S/C11H21NO2S/c13-15(14,9-10-3-1-2-4-10)11-5-7-12-8-6-11/h10-12H,1-9H2. The number of hydrogen-bond donors (Lipinski definition) is 1. The van der Waals surface area contributed by atoms with Gasteiger partial charge in [-0.2, -0.15) is 0 Å². The Kier molecular flexibility index (Phi) is 3.67. The largest absolute Gasteiger partial charge is 0.317 e. The Balaban J connectivity index is 1.92. The van der Waals surface area contributed by atoms with Crippen LogP contribution in [0.3, 0.4) is 0 Å². The van der Waals surface area contributed by atoms with Crippen LogP contribution in [-0.4, -0.2) is 32.5 Å². The molecule has 1 saturated heterocycles. The van der Waals surface area contributed by atoms with Crippen LogP contribution in [0, 0.1) is 5.92 Å². The molecule has 0 aromatic carbocycles. The summed E-state index contributed by atoms with van der Waals surface area (Å²) in [7, 11) is -2.81. The van der Waals surface area contributed by atoms with Crippen LogP contribution >= 0.6 is 0 Å². The van der Waals surface area contributed by atoms with Gasteiger partial charge in [-0.15, -0.1) is 0 Å². The molecule has 1 aliphatic carbocycles. The van der Waals surface area contributed by atoms with E-state index in [-0.39, 0.29) is 5.25 Å². The van der Waals surface area contributed by atoms with Gasteiger partial charge in [0.1, 0.15) is 0 Å². The fourth-order valence-corrected chi connectivity index (χ4v) is 5.01. The van der Waals surface area contributed by atoms with Gasteiger partial charge < -0.3 is 5.32 Å². The molecular weight excluding hydrogens is 210 g/mol. The molecule has 1 saturated carbocycles. The molecule has 4 heteroatoms. The van der Waals surface area contributed by atoms with Crippen LogP contribution in [0.1, 0.15) is 38.5 Å². The Morgan fingerprint density at radius 2 is 1.60 bits per heavy atom. The van der Waals surface area contributed by atoms with Crippen molar-refractivity contribution in [1.82, 2.24) is 5.32 Å². The average Bonchev–Trinajstić information content (AvgIpc) is 2.71. The molecule has 0 radical (unpaired) electrons. The second-order valence-electron chi connectivity index (χ2n) is 4.93. The van der Waals surface area contributed by atoms with Crippen LogP contribution in [0.25, 0.3) is 0 Å². The van der Waals surface area contributed by atoms with Gasteiger partial charge in [-0.05, 0) is 44.7 Å². The molecular formula is C11H21NO2S. The lowest BCUT2D eigenvalue weighted by atomic mass is 10.1. The van der Waals surface area contributed by atoms with Crippen molar-refractivity contribution >= 4 is 9.84 Å². The minimum atomic E-state index is -2.81. The molecule has 0 bridgehead atoms. The molecule has 0 aromatic rings. The highest BCUT2D eigenvalue weighted by Crippen LogP contribution is 2.28. The average molecular weight is 231 g/mol. The van der Waals surface area contributed by atoms with Gasteiger partial charge in [0, 0.05) is 0 Å². The maximum Gasteiger partial charge on any atom is 0.153 e. The van der Waals surface area contributed by atoms with Gasteiger partial charge in [0.15, 0.2) is 9.84 Å². The smallest absolute Gasteiger partial charge is 0.153 e. The highest BCUT2D eigenvalue weighted by Gasteiger charge is 2.30. The summed E-state index contributed by atoms with van der Waals surface area (Å²) in [6.07, 6.45) is 6.34. The van der Waals surface area contributed by atoms with Crippen molar-refractivity contribution in [3.05, 3.63) is 0 Å². The molecule has 1 aliphatic heterocycles. The molecule has 0 amide bonds. The van der Waals surface area contributed by atoms with E-state index in [2.05, 4.69) is 5.32 Å². The normalized spacial score (nSPS) is 25.9. The third kappa shape index (κ3) is 2.94. The number of rotatable bonds is 3. The Hall–Kier alpha value is -0.0900. The van der Waals surface area contributed by atoms with E-state index in [9.17, 15) is 8.42 Å². The van der Waals surface area contributed by atoms with Gasteiger partial charge in [0.25, 0.3) is 0 Å². The van der Waals surface area contributed by atoms with Gasteiger partial charge in [-0.3, -0.25) is 0 Å². The van der Waals surface area contributed by atoms with E-state index in [1.54, 1.807) is 0 Å². The summed E-state index contributed by atoms with van der Waals surface area (Å²) in [4.78, 5) is 0. The van der Waals surface area contributed by atoms with Crippen molar-refractivity contribution in [2.75, 3.05) is 18.8 Å². The predicted octanol–water partition coefficient (Wildman–Crippen LogP) is 1.34. The van der Waals surface area contributed by atoms with Crippen LogP contribution in [0.5, 0.6) is 0 Å². The maximum absolute atomic E-state index is 12.1. The maximum atomic E-state index is 12.1. The second kappa shape index (κ2) is 4.83. The highest BCUT2D eigenvalue weighted by molar-refractivity contribution is 7.92. The van der Waals surface area contributed by atoms with Crippen molar-refractivity contribution in [1.29, 1.82) is 0 Å². The van der Waals surface area contributed by atoms with E-state index in [0.717, 1.165) is 38.8 Å². The lowest BCUT2D eigenvalue weighted by Gasteiger charge is -2.24. The van der Waals surface area contributed by atoms with Crippen molar-refractivity contribution in [3.8, 4) is 0 Å². The molecule has 0 aromatic heterocycles. The quantitative estimate of drug-likeness (QED) is 0.797. The van der Waals surface area contributed by atoms with Gasteiger partial charge in [0.2, 0.25) is 0 Å². The molecule has 1 heterocycles. The molecule has 3 nitrogen and oxygen atoms in total. The minimum Gasteiger partial charge on any atom is -0.317 e. The van der Waals surface area contributed by atoms with Crippen LogP contribution in [0.4, 0.5) is 0 Å². The lowest BCUT2D eigenvalue weighted by Crippen LogP contribution is -2.37. The predicted molar refractivity (Wildman–Crippen MR) is 61.6 cm³/mol. The third-order valence-electron chi connectivity index (χ3n) is 3.74. The molecule has 2 fully saturated rings. The molecule has 0 spiro atoms. The van der Waals surface area contributed by atoms with Gasteiger partial charge in [-0.1, -0.05) is 12.8 Å². The topological polar surface area (TPSA) is 46.2 Å². The zero-order valence-corrected chi connectivity index (χ0v) is 10.1. The van der Waals surface area contributed by atoms with E-state index in [0.29, 0.717) is 11.7 Å². The Bertz CT molecular complexity index is 288. The summed E-state index contributed by atoms with van der Waals surface area (Å²) < 4.78 is 24.2. The van der Waals surface area contributed by atoms with Crippen molar-refractivity contribution < 1.29 is 8.42 Å². The SMILES string of the molecule is O=S(=O)(CC1CCCC1)C1CCNCC1. The number of sulfone groups is 1. The second-order valence-corrected chi connectivity index (χ2v) is 7.26. The van der Waals surface area contributed by atoms with Crippen molar-refractivity contribution in [3.63, 3.8) is 0 Å². The van der Waals surface area contributed by atoms with E-state index in [1.807, 2.05) is 0 Å². The fourth-order valence-electron chi connectivity index (χ4n) is 2.80. The van der Waals surface area contributed by atoms with Crippen LogP contribution in [0.2, 0.25) is 0 Å². The summed E-state index contributed by atoms with van der Waals surface area (Å²) in [6, 6.07) is 0. The van der Waals surface area contributed by atoms with E-state index >= 15 is 0 Å². The molecule has 2 aliphatic rings. The lowest BCUT2D eigenvalue weighted by molar-refractivity contribution is 0.487. The summed E-state index contributed by atoms with van der Waals surface area (Å²) in [5.41, 5.74) is 0. The first kappa shape index (κ1) is 11.4. The summed E-state index contributed by atoms with van der Waals surface area (Å²) in [6.45, 7) is 1.74. The molecule has 0 atom stereocenters. The highest BCUT2D eigenvalue weighted by atomic mass is 32.2. The summed E-state index contributed by atoms with van der Waals surface area (Å²) in [5, 5.41) is 3.16. The number of hydrogen-bond acceptors (Lipinski definition) is 3. The fraction of sp³-hybridized carbons (Fsp3) is 1.00. The van der Waals surface area contributed by atoms with Crippen LogP contribution < -0.4 is 5.32 Å². The van der Waals surface area contributed by atoms with Crippen LogP contribution in [0.15, 0.2) is 0 Å². The molecule has 88 valence electrons. The summed E-state index contributed by atoms with van der Waals surface area (Å²) >= 11 is 0. The van der Waals surface area contributed by atoms with Crippen molar-refractivity contribution in [2.24, 2.45) is 5.92 Å². The first-order chi connectivity index (χ1) is 7.18. The van der Waals surface area contributed by atoms with Gasteiger partial charge in [0.05, 0.1) is 11.0 Å². The number of nitrogens with one attached hydrogen (secondary N) is 1. The third-order valence-corrected chi connectivity index (χ3v) is 6.16. The van der Waals surface area contributed by atoms with Gasteiger partial charge >= 0.3 is 0 Å². The Labute approximate surface area is 92.6 Å². The monoisotopic (exact) mass is 231 g/mol. The Morgan fingerprint density at radius 3 is 2.20 bits per heavy atom. The first-order valence-corrected chi connectivity index (χ1v) is 7.82. The van der Waals surface area contributed by atoms with E-state index in [1.165, 1.54) is 12.8 Å². The molecule has 15 heavy (non-hydrogen) atoms. The van der Waals surface area contributed by atoms with E-state index in [4.69, 9.17) is 0 Å². The molecule has 1 N–H and O–H groups in total. The minimum absolute atomic E-state index is 0.0562. The Morgan fingerprint density at radius 1 is 1.00 bits per heavy atom. The summed E-state index contributed by atoms with van der Waals surface area (Å²) in [5.74, 6) is 0.919. The zero-order valence-electron chi connectivity index (χ0n) is 9.24.